The molecule has 0 fully saturated rings. The van der Waals surface area contributed by atoms with Gasteiger partial charge in [-0.25, -0.2) is 0 Å². The molecule has 2 N–H and O–H groups in total. The number of nitrogens with zero attached hydrogens (tertiary/aromatic N) is 2. The Morgan fingerprint density at radius 1 is 1.22 bits per heavy atom. The number of aromatic nitrogens is 2. The van der Waals surface area contributed by atoms with Gasteiger partial charge >= 0.3 is 0 Å². The molecule has 2 aromatic rings. The number of carbonyl (C=O) groups excluding carboxylic acids is 2. The Kier molecular flexibility index (Phi) is 7.51. The normalized spacial score (nSPS) is 11.2. The molecular formula is C19H26N4O4. The van der Waals surface area contributed by atoms with E-state index in [-0.39, 0.29) is 18.4 Å². The van der Waals surface area contributed by atoms with Crippen LogP contribution in [0.3, 0.4) is 0 Å². The van der Waals surface area contributed by atoms with E-state index in [0.717, 1.165) is 5.56 Å². The zero-order valence-corrected chi connectivity index (χ0v) is 15.9. The second kappa shape index (κ2) is 9.84. The highest BCUT2D eigenvalue weighted by atomic mass is 16.5. The molecule has 0 saturated carbocycles. The van der Waals surface area contributed by atoms with E-state index in [0.29, 0.717) is 25.4 Å². The Bertz CT molecular complexity index is 743. The fraction of sp³-hybridized carbons (Fsp3) is 0.421. The Balaban J connectivity index is 1.83. The molecule has 1 heterocycles. The fourth-order valence-electron chi connectivity index (χ4n) is 2.31. The maximum absolute atomic E-state index is 12.3. The number of ether oxygens (including phenoxy) is 2. The summed E-state index contributed by atoms with van der Waals surface area (Å²) in [5, 5.41) is 9.68. The van der Waals surface area contributed by atoms with Crippen molar-refractivity contribution in [2.75, 3.05) is 32.2 Å². The van der Waals surface area contributed by atoms with E-state index in [1.807, 2.05) is 30.3 Å². The molecule has 0 aliphatic carbocycles. The van der Waals surface area contributed by atoms with Crippen molar-refractivity contribution < 1.29 is 19.1 Å². The summed E-state index contributed by atoms with van der Waals surface area (Å²) in [6.45, 7) is 4.64. The first-order chi connectivity index (χ1) is 12.9. The first kappa shape index (κ1) is 20.6. The number of rotatable bonds is 10. The van der Waals surface area contributed by atoms with Crippen LogP contribution in [-0.4, -0.2) is 48.5 Å². The third kappa shape index (κ3) is 6.19. The lowest BCUT2D eigenvalue weighted by molar-refractivity contribution is -0.129. The molecule has 0 atom stereocenters. The van der Waals surface area contributed by atoms with Crippen LogP contribution in [0.15, 0.2) is 42.7 Å². The van der Waals surface area contributed by atoms with Gasteiger partial charge in [0.25, 0.3) is 0 Å². The minimum Gasteiger partial charge on any atom is -0.383 e. The van der Waals surface area contributed by atoms with Gasteiger partial charge in [-0.15, -0.1) is 0 Å². The highest BCUT2D eigenvalue weighted by molar-refractivity contribution is 5.91. The van der Waals surface area contributed by atoms with Gasteiger partial charge in [0.1, 0.15) is 12.1 Å². The Morgan fingerprint density at radius 2 is 1.96 bits per heavy atom. The van der Waals surface area contributed by atoms with Crippen molar-refractivity contribution >= 4 is 17.5 Å². The van der Waals surface area contributed by atoms with E-state index >= 15 is 0 Å². The third-order valence-corrected chi connectivity index (χ3v) is 3.93. The first-order valence-corrected chi connectivity index (χ1v) is 8.67. The summed E-state index contributed by atoms with van der Waals surface area (Å²) < 4.78 is 11.8. The van der Waals surface area contributed by atoms with Gasteiger partial charge in [-0.05, 0) is 19.4 Å². The Labute approximate surface area is 158 Å². The molecule has 2 amide bonds. The molecule has 2 rings (SSSR count). The van der Waals surface area contributed by atoms with Crippen LogP contribution in [0.5, 0.6) is 0 Å². The zero-order valence-electron chi connectivity index (χ0n) is 15.9. The smallest absolute Gasteiger partial charge is 0.250 e. The average Bonchev–Trinajstić information content (AvgIpc) is 3.12. The van der Waals surface area contributed by atoms with Gasteiger partial charge in [0, 0.05) is 19.9 Å². The molecule has 0 spiro atoms. The van der Waals surface area contributed by atoms with Crippen LogP contribution in [0.4, 0.5) is 5.69 Å². The number of nitrogens with one attached hydrogen (secondary N) is 2. The predicted molar refractivity (Wildman–Crippen MR) is 101 cm³/mol. The van der Waals surface area contributed by atoms with Crippen LogP contribution < -0.4 is 10.6 Å². The second-order valence-corrected chi connectivity index (χ2v) is 6.51. The molecule has 8 heteroatoms. The largest absolute Gasteiger partial charge is 0.383 e. The minimum atomic E-state index is -0.902. The van der Waals surface area contributed by atoms with Gasteiger partial charge in [-0.1, -0.05) is 30.3 Å². The molecule has 0 saturated heterocycles. The van der Waals surface area contributed by atoms with Crippen molar-refractivity contribution in [3.63, 3.8) is 0 Å². The summed E-state index contributed by atoms with van der Waals surface area (Å²) >= 11 is 0. The molecule has 0 aliphatic heterocycles. The van der Waals surface area contributed by atoms with Crippen molar-refractivity contribution in [1.29, 1.82) is 0 Å². The van der Waals surface area contributed by atoms with E-state index in [1.165, 1.54) is 10.9 Å². The number of benzene rings is 1. The molecule has 146 valence electrons. The molecule has 1 aromatic heterocycles. The number of hydrogen-bond donors (Lipinski definition) is 2. The highest BCUT2D eigenvalue weighted by Gasteiger charge is 2.30. The number of anilines is 1. The number of methoxy groups -OCH3 is 1. The molecule has 8 nitrogen and oxygen atoms in total. The van der Waals surface area contributed by atoms with Crippen LogP contribution in [0.25, 0.3) is 0 Å². The third-order valence-electron chi connectivity index (χ3n) is 3.93. The van der Waals surface area contributed by atoms with Crippen molar-refractivity contribution in [1.82, 2.24) is 15.1 Å². The quantitative estimate of drug-likeness (QED) is 0.615. The SMILES string of the molecule is COCCNC(=O)C(C)(C)n1cc(NC(=O)COCc2ccccc2)cn1. The predicted octanol–water partition coefficient (Wildman–Crippen LogP) is 1.54. The molecule has 0 unspecified atom stereocenters. The summed E-state index contributed by atoms with van der Waals surface area (Å²) in [4.78, 5) is 24.3. The van der Waals surface area contributed by atoms with Gasteiger partial charge in [-0.3, -0.25) is 14.3 Å². The molecule has 1 aromatic carbocycles. The first-order valence-electron chi connectivity index (χ1n) is 8.67. The summed E-state index contributed by atoms with van der Waals surface area (Å²) in [7, 11) is 1.57. The highest BCUT2D eigenvalue weighted by Crippen LogP contribution is 2.17. The second-order valence-electron chi connectivity index (χ2n) is 6.51. The molecule has 0 aliphatic rings. The van der Waals surface area contributed by atoms with Crippen LogP contribution in [0, 0.1) is 0 Å². The minimum absolute atomic E-state index is 0.0685. The zero-order chi connectivity index (χ0) is 19.7. The molecular weight excluding hydrogens is 348 g/mol. The summed E-state index contributed by atoms with van der Waals surface area (Å²) in [6.07, 6.45) is 3.12. The standard InChI is InChI=1S/C19H26N4O4/c1-19(2,18(25)20-9-10-26-3)23-12-16(11-21-23)22-17(24)14-27-13-15-7-5-4-6-8-15/h4-8,11-12H,9-10,13-14H2,1-3H3,(H,20,25)(H,22,24). The van der Waals surface area contributed by atoms with E-state index in [2.05, 4.69) is 15.7 Å². The monoisotopic (exact) mass is 374 g/mol. The average molecular weight is 374 g/mol. The lowest BCUT2D eigenvalue weighted by Gasteiger charge is -2.24. The van der Waals surface area contributed by atoms with Crippen molar-refractivity contribution in [3.05, 3.63) is 48.3 Å². The van der Waals surface area contributed by atoms with E-state index < -0.39 is 5.54 Å². The maximum atomic E-state index is 12.3. The van der Waals surface area contributed by atoms with E-state index in [4.69, 9.17) is 9.47 Å². The number of hydrogen-bond acceptors (Lipinski definition) is 5. The van der Waals surface area contributed by atoms with Crippen molar-refractivity contribution in [2.45, 2.75) is 26.0 Å². The van der Waals surface area contributed by atoms with Crippen LogP contribution in [0.2, 0.25) is 0 Å². The lowest BCUT2D eigenvalue weighted by Crippen LogP contribution is -2.45. The lowest BCUT2D eigenvalue weighted by atomic mass is 10.1. The van der Waals surface area contributed by atoms with Crippen LogP contribution in [0.1, 0.15) is 19.4 Å². The van der Waals surface area contributed by atoms with Gasteiger partial charge in [0.15, 0.2) is 0 Å². The topological polar surface area (TPSA) is 94.5 Å². The summed E-state index contributed by atoms with van der Waals surface area (Å²) in [5.74, 6) is -0.473. The summed E-state index contributed by atoms with van der Waals surface area (Å²) in [6, 6.07) is 9.62. The van der Waals surface area contributed by atoms with Gasteiger partial charge < -0.3 is 20.1 Å². The van der Waals surface area contributed by atoms with Crippen molar-refractivity contribution in [3.8, 4) is 0 Å². The molecule has 0 radical (unpaired) electrons. The van der Waals surface area contributed by atoms with Crippen LogP contribution >= 0.6 is 0 Å². The summed E-state index contributed by atoms with van der Waals surface area (Å²) in [5.41, 5.74) is 0.598. The van der Waals surface area contributed by atoms with Gasteiger partial charge in [0.2, 0.25) is 11.8 Å². The number of carbonyl (C=O) groups is 2. The van der Waals surface area contributed by atoms with Crippen molar-refractivity contribution in [2.24, 2.45) is 0 Å². The molecule has 27 heavy (non-hydrogen) atoms. The Hall–Kier alpha value is -2.71. The maximum Gasteiger partial charge on any atom is 0.250 e. The Morgan fingerprint density at radius 3 is 2.67 bits per heavy atom. The van der Waals surface area contributed by atoms with E-state index in [9.17, 15) is 9.59 Å². The van der Waals surface area contributed by atoms with Crippen LogP contribution in [-0.2, 0) is 31.2 Å². The van der Waals surface area contributed by atoms with Gasteiger partial charge in [0.05, 0.1) is 25.1 Å². The molecule has 0 bridgehead atoms. The van der Waals surface area contributed by atoms with E-state index in [1.54, 1.807) is 27.2 Å². The number of amides is 2. The van der Waals surface area contributed by atoms with Gasteiger partial charge in [-0.2, -0.15) is 5.10 Å². The fourth-order valence-corrected chi connectivity index (χ4v) is 2.31.